The third-order valence-electron chi connectivity index (χ3n) is 3.48. The van der Waals surface area contributed by atoms with Crippen molar-refractivity contribution in [3.63, 3.8) is 0 Å². The van der Waals surface area contributed by atoms with Crippen molar-refractivity contribution in [2.24, 2.45) is 0 Å². The van der Waals surface area contributed by atoms with Gasteiger partial charge in [0.25, 0.3) is 0 Å². The van der Waals surface area contributed by atoms with Crippen molar-refractivity contribution >= 4 is 27.0 Å². The van der Waals surface area contributed by atoms with Crippen LogP contribution in [0.2, 0.25) is 0 Å². The lowest BCUT2D eigenvalue weighted by Gasteiger charge is -2.03. The predicted octanol–water partition coefficient (Wildman–Crippen LogP) is 4.86. The Bertz CT molecular complexity index is 744. The molecule has 1 heterocycles. The van der Waals surface area contributed by atoms with E-state index in [-0.39, 0.29) is 0 Å². The minimum atomic E-state index is 0.932. The third-order valence-corrected chi connectivity index (χ3v) is 4.34. The normalized spacial score (nSPS) is 11.1. The van der Waals surface area contributed by atoms with Crippen LogP contribution in [0.1, 0.15) is 18.1 Å². The maximum absolute atomic E-state index is 4.68. The zero-order chi connectivity index (χ0) is 13.4. The van der Waals surface area contributed by atoms with E-state index in [2.05, 4.69) is 70.1 Å². The Morgan fingerprint density at radius 3 is 2.84 bits per heavy atom. The molecule has 0 fully saturated rings. The van der Waals surface area contributed by atoms with Crippen molar-refractivity contribution in [2.45, 2.75) is 20.3 Å². The van der Waals surface area contributed by atoms with Crippen LogP contribution in [0.3, 0.4) is 0 Å². The second kappa shape index (κ2) is 4.82. The molecule has 96 valence electrons. The van der Waals surface area contributed by atoms with Crippen LogP contribution in [0.4, 0.5) is 0 Å². The van der Waals surface area contributed by atoms with Crippen molar-refractivity contribution < 1.29 is 0 Å². The van der Waals surface area contributed by atoms with E-state index in [1.165, 1.54) is 11.1 Å². The second-order valence-corrected chi connectivity index (χ2v) is 5.56. The number of benzene rings is 2. The van der Waals surface area contributed by atoms with Crippen LogP contribution in [0.25, 0.3) is 22.4 Å². The van der Waals surface area contributed by atoms with E-state index in [0.717, 1.165) is 33.3 Å². The fraction of sp³-hybridized carbons (Fsp3) is 0.188. The molecule has 0 radical (unpaired) electrons. The molecule has 1 N–H and O–H groups in total. The summed E-state index contributed by atoms with van der Waals surface area (Å²) in [6.45, 7) is 4.26. The van der Waals surface area contributed by atoms with Gasteiger partial charge in [0.1, 0.15) is 5.82 Å². The molecule has 2 nitrogen and oxygen atoms in total. The van der Waals surface area contributed by atoms with E-state index in [9.17, 15) is 0 Å². The molecule has 0 aliphatic carbocycles. The number of hydrogen-bond acceptors (Lipinski definition) is 1. The Morgan fingerprint density at radius 2 is 2.05 bits per heavy atom. The minimum Gasteiger partial charge on any atom is -0.338 e. The second-order valence-electron chi connectivity index (χ2n) is 4.70. The summed E-state index contributed by atoms with van der Waals surface area (Å²) in [5, 5.41) is 0. The molecule has 3 aromatic rings. The molecule has 1 aromatic heterocycles. The van der Waals surface area contributed by atoms with Crippen LogP contribution in [0.15, 0.2) is 40.9 Å². The van der Waals surface area contributed by atoms with Gasteiger partial charge in [-0.15, -0.1) is 0 Å². The maximum Gasteiger partial charge on any atom is 0.138 e. The summed E-state index contributed by atoms with van der Waals surface area (Å²) >= 11 is 3.57. The van der Waals surface area contributed by atoms with E-state index < -0.39 is 0 Å². The van der Waals surface area contributed by atoms with Crippen molar-refractivity contribution in [3.8, 4) is 11.4 Å². The molecular formula is C16H15BrN2. The predicted molar refractivity (Wildman–Crippen MR) is 83.3 cm³/mol. The van der Waals surface area contributed by atoms with Crippen molar-refractivity contribution in [1.82, 2.24) is 9.97 Å². The number of aromatic nitrogens is 2. The Balaban J connectivity index is 2.18. The topological polar surface area (TPSA) is 28.7 Å². The molecule has 3 heteroatoms. The number of hydrogen-bond donors (Lipinski definition) is 1. The van der Waals surface area contributed by atoms with E-state index in [4.69, 9.17) is 0 Å². The average molecular weight is 315 g/mol. The molecule has 19 heavy (non-hydrogen) atoms. The Morgan fingerprint density at radius 1 is 1.21 bits per heavy atom. The van der Waals surface area contributed by atoms with Gasteiger partial charge in [0.05, 0.1) is 11.0 Å². The Hall–Kier alpha value is -1.61. The standard InChI is InChI=1S/C16H15BrN2/c1-3-11-7-8-14-15(9-11)19-16(18-14)12-5-4-6-13(17)10(12)2/h4-9H,3H2,1-2H3,(H,18,19). The SMILES string of the molecule is CCc1ccc2nc(-c3cccc(Br)c3C)[nH]c2c1. The van der Waals surface area contributed by atoms with Gasteiger partial charge in [0, 0.05) is 10.0 Å². The molecule has 0 aliphatic heterocycles. The first-order valence-electron chi connectivity index (χ1n) is 6.43. The highest BCUT2D eigenvalue weighted by atomic mass is 79.9. The number of imidazole rings is 1. The minimum absolute atomic E-state index is 0.932. The van der Waals surface area contributed by atoms with Crippen molar-refractivity contribution in [1.29, 1.82) is 0 Å². The first-order chi connectivity index (χ1) is 9.19. The lowest BCUT2D eigenvalue weighted by molar-refractivity contribution is 1.14. The van der Waals surface area contributed by atoms with Gasteiger partial charge in [-0.1, -0.05) is 41.1 Å². The molecule has 0 amide bonds. The van der Waals surface area contributed by atoms with Crippen LogP contribution >= 0.6 is 15.9 Å². The Kier molecular flexibility index (Phi) is 3.15. The molecule has 2 aromatic carbocycles. The number of aromatic amines is 1. The fourth-order valence-electron chi connectivity index (χ4n) is 2.27. The number of halogens is 1. The van der Waals surface area contributed by atoms with Gasteiger partial charge in [0.2, 0.25) is 0 Å². The summed E-state index contributed by atoms with van der Waals surface area (Å²) in [6, 6.07) is 12.6. The van der Waals surface area contributed by atoms with Gasteiger partial charge in [-0.2, -0.15) is 0 Å². The molecule has 0 saturated heterocycles. The summed E-state index contributed by atoms with van der Waals surface area (Å²) < 4.78 is 1.11. The molecule has 3 rings (SSSR count). The highest BCUT2D eigenvalue weighted by molar-refractivity contribution is 9.10. The van der Waals surface area contributed by atoms with Gasteiger partial charge >= 0.3 is 0 Å². The highest BCUT2D eigenvalue weighted by Crippen LogP contribution is 2.28. The Labute approximate surface area is 121 Å². The van der Waals surface area contributed by atoms with E-state index in [0.29, 0.717) is 0 Å². The first kappa shape index (κ1) is 12.4. The van der Waals surface area contributed by atoms with Crippen molar-refractivity contribution in [3.05, 3.63) is 52.0 Å². The molecule has 0 spiro atoms. The van der Waals surface area contributed by atoms with E-state index in [1.807, 2.05) is 6.07 Å². The van der Waals surface area contributed by atoms with Crippen LogP contribution in [0.5, 0.6) is 0 Å². The quantitative estimate of drug-likeness (QED) is 0.718. The zero-order valence-corrected chi connectivity index (χ0v) is 12.6. The molecule has 0 bridgehead atoms. The first-order valence-corrected chi connectivity index (χ1v) is 7.22. The summed E-state index contributed by atoms with van der Waals surface area (Å²) in [5.41, 5.74) is 5.80. The van der Waals surface area contributed by atoms with Crippen LogP contribution in [-0.4, -0.2) is 9.97 Å². The molecule has 0 unspecified atom stereocenters. The van der Waals surface area contributed by atoms with Gasteiger partial charge in [-0.3, -0.25) is 0 Å². The van der Waals surface area contributed by atoms with Gasteiger partial charge in [0.15, 0.2) is 0 Å². The van der Waals surface area contributed by atoms with E-state index in [1.54, 1.807) is 0 Å². The highest BCUT2D eigenvalue weighted by Gasteiger charge is 2.09. The number of nitrogens with one attached hydrogen (secondary N) is 1. The van der Waals surface area contributed by atoms with Crippen LogP contribution < -0.4 is 0 Å². The summed E-state index contributed by atoms with van der Waals surface area (Å²) in [4.78, 5) is 8.11. The summed E-state index contributed by atoms with van der Waals surface area (Å²) in [6.07, 6.45) is 1.04. The summed E-state index contributed by atoms with van der Waals surface area (Å²) in [7, 11) is 0. The van der Waals surface area contributed by atoms with Crippen LogP contribution in [-0.2, 0) is 6.42 Å². The number of H-pyrrole nitrogens is 1. The molecule has 0 aliphatic rings. The fourth-order valence-corrected chi connectivity index (χ4v) is 2.63. The number of nitrogens with zero attached hydrogens (tertiary/aromatic N) is 1. The number of rotatable bonds is 2. The third kappa shape index (κ3) is 2.19. The number of aryl methyl sites for hydroxylation is 1. The monoisotopic (exact) mass is 314 g/mol. The average Bonchev–Trinajstić information content (AvgIpc) is 2.84. The maximum atomic E-state index is 4.68. The van der Waals surface area contributed by atoms with Gasteiger partial charge in [-0.25, -0.2) is 4.98 Å². The van der Waals surface area contributed by atoms with Gasteiger partial charge in [-0.05, 0) is 42.7 Å². The largest absolute Gasteiger partial charge is 0.338 e. The summed E-state index contributed by atoms with van der Waals surface area (Å²) in [5.74, 6) is 0.932. The number of fused-ring (bicyclic) bond motifs is 1. The van der Waals surface area contributed by atoms with E-state index >= 15 is 0 Å². The molecule has 0 atom stereocenters. The van der Waals surface area contributed by atoms with Gasteiger partial charge < -0.3 is 4.98 Å². The lowest BCUT2D eigenvalue weighted by Crippen LogP contribution is -1.86. The lowest BCUT2D eigenvalue weighted by atomic mass is 10.1. The smallest absolute Gasteiger partial charge is 0.138 e. The molecule has 0 saturated carbocycles. The van der Waals surface area contributed by atoms with Crippen molar-refractivity contribution in [2.75, 3.05) is 0 Å². The zero-order valence-electron chi connectivity index (χ0n) is 11.0. The van der Waals surface area contributed by atoms with Crippen LogP contribution in [0, 0.1) is 6.92 Å². The molecular weight excluding hydrogens is 300 g/mol.